The molecule has 0 saturated heterocycles. The molecule has 188 valence electrons. The number of ether oxygens (including phenoxy) is 1. The number of benzene rings is 2. The molecule has 0 radical (unpaired) electrons. The maximum absolute atomic E-state index is 12.0. The van der Waals surface area contributed by atoms with E-state index in [0.29, 0.717) is 25.1 Å². The molecule has 0 aliphatic carbocycles. The zero-order valence-electron chi connectivity index (χ0n) is 21.4. The maximum Gasteiger partial charge on any atom is 0.309 e. The van der Waals surface area contributed by atoms with E-state index in [1.54, 1.807) is 27.0 Å². The highest BCUT2D eigenvalue weighted by molar-refractivity contribution is 5.88. The van der Waals surface area contributed by atoms with Gasteiger partial charge in [0.2, 0.25) is 0 Å². The molecule has 0 saturated carbocycles. The zero-order chi connectivity index (χ0) is 25.9. The second-order valence-corrected chi connectivity index (χ2v) is 9.99. The third-order valence-electron chi connectivity index (χ3n) is 6.58. The Morgan fingerprint density at radius 3 is 2.47 bits per heavy atom. The van der Waals surface area contributed by atoms with Crippen LogP contribution in [0.1, 0.15) is 44.5 Å². The molecule has 2 heterocycles. The van der Waals surface area contributed by atoms with Crippen molar-refractivity contribution in [2.24, 2.45) is 5.41 Å². The van der Waals surface area contributed by atoms with Crippen LogP contribution in [0.2, 0.25) is 0 Å². The molecule has 4 aromatic rings. The van der Waals surface area contributed by atoms with E-state index in [4.69, 9.17) is 4.74 Å². The Kier molecular flexibility index (Phi) is 7.45. The molecule has 0 amide bonds. The number of nitrogens with zero attached hydrogens (tertiary/aromatic N) is 2. The van der Waals surface area contributed by atoms with Crippen LogP contribution in [-0.2, 0) is 24.2 Å². The molecule has 0 aliphatic rings. The molecule has 2 N–H and O–H groups in total. The fourth-order valence-electron chi connectivity index (χ4n) is 4.57. The molecule has 0 aliphatic heterocycles. The summed E-state index contributed by atoms with van der Waals surface area (Å²) in [7, 11) is 0. The van der Waals surface area contributed by atoms with Crippen molar-refractivity contribution in [1.29, 1.82) is 0 Å². The summed E-state index contributed by atoms with van der Waals surface area (Å²) < 4.78 is 7.98. The minimum absolute atomic E-state index is 0.216. The first kappa shape index (κ1) is 25.5. The van der Waals surface area contributed by atoms with Gasteiger partial charge in [-0.2, -0.15) is 0 Å². The zero-order valence-corrected chi connectivity index (χ0v) is 21.4. The standard InChI is InChI=1S/C30H34N2O4/c1-5-32-27-16-24(36-19-20(2)33)12-13-25(27)26(28(32)17-30(3,4)29(34)35)15-21-8-10-22(11-9-21)23-7-6-14-31-18-23/h6-14,16,18,20,33H,5,15,17,19H2,1-4H3,(H,34,35). The highest BCUT2D eigenvalue weighted by Gasteiger charge is 2.31. The number of carbonyl (C=O) groups is 1. The summed E-state index contributed by atoms with van der Waals surface area (Å²) in [6.45, 7) is 8.24. The number of fused-ring (bicyclic) bond motifs is 1. The molecule has 6 nitrogen and oxygen atoms in total. The summed E-state index contributed by atoms with van der Waals surface area (Å²) in [5.41, 5.74) is 5.60. The van der Waals surface area contributed by atoms with Gasteiger partial charge in [0, 0.05) is 42.5 Å². The van der Waals surface area contributed by atoms with Crippen LogP contribution in [0.4, 0.5) is 0 Å². The number of hydrogen-bond donors (Lipinski definition) is 2. The van der Waals surface area contributed by atoms with Crippen LogP contribution in [0.3, 0.4) is 0 Å². The van der Waals surface area contributed by atoms with Gasteiger partial charge in [-0.1, -0.05) is 30.3 Å². The largest absolute Gasteiger partial charge is 0.491 e. The summed E-state index contributed by atoms with van der Waals surface area (Å²) in [5, 5.41) is 20.6. The molecule has 0 bridgehead atoms. The van der Waals surface area contributed by atoms with E-state index in [9.17, 15) is 15.0 Å². The highest BCUT2D eigenvalue weighted by atomic mass is 16.5. The van der Waals surface area contributed by atoms with Crippen molar-refractivity contribution in [2.45, 2.75) is 53.2 Å². The first-order valence-corrected chi connectivity index (χ1v) is 12.4. The number of aliphatic carboxylic acids is 1. The van der Waals surface area contributed by atoms with E-state index in [2.05, 4.69) is 46.8 Å². The van der Waals surface area contributed by atoms with E-state index >= 15 is 0 Å². The average Bonchev–Trinajstić information content (AvgIpc) is 3.14. The predicted molar refractivity (Wildman–Crippen MR) is 142 cm³/mol. The second kappa shape index (κ2) is 10.5. The summed E-state index contributed by atoms with van der Waals surface area (Å²) in [4.78, 5) is 16.2. The second-order valence-electron chi connectivity index (χ2n) is 9.99. The lowest BCUT2D eigenvalue weighted by molar-refractivity contribution is -0.146. The summed E-state index contributed by atoms with van der Waals surface area (Å²) in [6, 6.07) is 18.4. The number of carboxylic acid groups (broad SMARTS) is 1. The smallest absolute Gasteiger partial charge is 0.309 e. The summed E-state index contributed by atoms with van der Waals surface area (Å²) >= 11 is 0. The fourth-order valence-corrected chi connectivity index (χ4v) is 4.57. The first-order chi connectivity index (χ1) is 17.2. The Morgan fingerprint density at radius 1 is 1.11 bits per heavy atom. The average molecular weight is 487 g/mol. The lowest BCUT2D eigenvalue weighted by Gasteiger charge is -2.21. The topological polar surface area (TPSA) is 84.6 Å². The van der Waals surface area contributed by atoms with Crippen LogP contribution in [0, 0.1) is 5.41 Å². The summed E-state index contributed by atoms with van der Waals surface area (Å²) in [6.07, 6.45) is 4.17. The van der Waals surface area contributed by atoms with E-state index in [0.717, 1.165) is 38.9 Å². The third kappa shape index (κ3) is 5.44. The van der Waals surface area contributed by atoms with E-state index in [1.807, 2.05) is 30.5 Å². The van der Waals surface area contributed by atoms with Crippen molar-refractivity contribution in [3.63, 3.8) is 0 Å². The van der Waals surface area contributed by atoms with Crippen molar-refractivity contribution in [2.75, 3.05) is 6.61 Å². The number of carboxylic acids is 1. The number of rotatable bonds is 10. The van der Waals surface area contributed by atoms with Gasteiger partial charge in [-0.3, -0.25) is 9.78 Å². The number of hydrogen-bond acceptors (Lipinski definition) is 4. The molecule has 6 heteroatoms. The molecule has 36 heavy (non-hydrogen) atoms. The molecule has 0 spiro atoms. The maximum atomic E-state index is 12.0. The molecule has 1 unspecified atom stereocenters. The van der Waals surface area contributed by atoms with E-state index < -0.39 is 17.5 Å². The fraction of sp³-hybridized carbons (Fsp3) is 0.333. The normalized spacial score (nSPS) is 12.6. The van der Waals surface area contributed by atoms with Crippen LogP contribution in [-0.4, -0.2) is 38.4 Å². The minimum Gasteiger partial charge on any atom is -0.491 e. The van der Waals surface area contributed by atoms with Gasteiger partial charge in [-0.15, -0.1) is 0 Å². The Balaban J connectivity index is 1.77. The first-order valence-electron chi connectivity index (χ1n) is 12.4. The number of pyridine rings is 1. The van der Waals surface area contributed by atoms with E-state index in [1.165, 1.54) is 0 Å². The predicted octanol–water partition coefficient (Wildman–Crippen LogP) is 5.73. The van der Waals surface area contributed by atoms with Gasteiger partial charge in [0.25, 0.3) is 0 Å². The Labute approximate surface area is 212 Å². The molecular weight excluding hydrogens is 452 g/mol. The Morgan fingerprint density at radius 2 is 1.86 bits per heavy atom. The Bertz CT molecular complexity index is 1340. The van der Waals surface area contributed by atoms with Crippen molar-refractivity contribution in [3.05, 3.63) is 83.8 Å². The van der Waals surface area contributed by atoms with Crippen molar-refractivity contribution in [1.82, 2.24) is 9.55 Å². The van der Waals surface area contributed by atoms with Crippen LogP contribution in [0.5, 0.6) is 5.75 Å². The number of aryl methyl sites for hydroxylation is 1. The van der Waals surface area contributed by atoms with Gasteiger partial charge in [-0.25, -0.2) is 0 Å². The SMILES string of the molecule is CCn1c(CC(C)(C)C(=O)O)c(Cc2ccc(-c3cccnc3)cc2)c2ccc(OCC(C)O)cc21. The Hall–Kier alpha value is -3.64. The van der Waals surface area contributed by atoms with Crippen LogP contribution in [0.15, 0.2) is 67.0 Å². The monoisotopic (exact) mass is 486 g/mol. The molecule has 2 aromatic heterocycles. The number of aromatic nitrogens is 2. The molecule has 2 aromatic carbocycles. The minimum atomic E-state index is -0.911. The van der Waals surface area contributed by atoms with Gasteiger partial charge in [0.15, 0.2) is 0 Å². The van der Waals surface area contributed by atoms with Gasteiger partial charge >= 0.3 is 5.97 Å². The molecule has 0 fully saturated rings. The summed E-state index contributed by atoms with van der Waals surface area (Å²) in [5.74, 6) is -0.129. The lowest BCUT2D eigenvalue weighted by atomic mass is 9.85. The van der Waals surface area contributed by atoms with Gasteiger partial charge in [0.05, 0.1) is 17.0 Å². The molecule has 1 atom stereocenters. The van der Waals surface area contributed by atoms with Crippen molar-refractivity contribution < 1.29 is 19.7 Å². The van der Waals surface area contributed by atoms with Gasteiger partial charge in [-0.05, 0) is 74.6 Å². The molecule has 4 rings (SSSR count). The van der Waals surface area contributed by atoms with Crippen molar-refractivity contribution >= 4 is 16.9 Å². The van der Waals surface area contributed by atoms with Crippen LogP contribution in [0.25, 0.3) is 22.0 Å². The lowest BCUT2D eigenvalue weighted by Crippen LogP contribution is -2.28. The van der Waals surface area contributed by atoms with Gasteiger partial charge in [0.1, 0.15) is 12.4 Å². The van der Waals surface area contributed by atoms with Gasteiger partial charge < -0.3 is 19.5 Å². The quantitative estimate of drug-likeness (QED) is 0.299. The highest BCUT2D eigenvalue weighted by Crippen LogP contribution is 2.35. The van der Waals surface area contributed by atoms with Crippen LogP contribution < -0.4 is 4.74 Å². The molecular formula is C30H34N2O4. The van der Waals surface area contributed by atoms with Crippen molar-refractivity contribution in [3.8, 4) is 16.9 Å². The van der Waals surface area contributed by atoms with Crippen LogP contribution >= 0.6 is 0 Å². The number of aliphatic hydroxyl groups is 1. The number of aliphatic hydroxyl groups excluding tert-OH is 1. The third-order valence-corrected chi connectivity index (χ3v) is 6.58. The van der Waals surface area contributed by atoms with E-state index in [-0.39, 0.29) is 6.61 Å².